The molecule has 1 rings (SSSR count). The van der Waals surface area contributed by atoms with Crippen LogP contribution >= 0.6 is 0 Å². The van der Waals surface area contributed by atoms with Gasteiger partial charge >= 0.3 is 0 Å². The molecule has 0 heterocycles. The quantitative estimate of drug-likeness (QED) is 0.176. The molecule has 0 amide bonds. The van der Waals surface area contributed by atoms with Crippen LogP contribution in [0.15, 0.2) is 0 Å². The summed E-state index contributed by atoms with van der Waals surface area (Å²) in [6.07, 6.45) is 31.1. The summed E-state index contributed by atoms with van der Waals surface area (Å²) in [5.41, 5.74) is 0. The van der Waals surface area contributed by atoms with Crippen molar-refractivity contribution in [2.75, 3.05) is 0 Å². The zero-order chi connectivity index (χ0) is 21.2. The van der Waals surface area contributed by atoms with Gasteiger partial charge in [0.15, 0.2) is 0 Å². The van der Waals surface area contributed by atoms with E-state index >= 15 is 0 Å². The first kappa shape index (κ1) is 27.0. The Hall–Kier alpha value is 0. The van der Waals surface area contributed by atoms with Crippen LogP contribution in [0.1, 0.15) is 163 Å². The summed E-state index contributed by atoms with van der Waals surface area (Å²) >= 11 is 0. The van der Waals surface area contributed by atoms with Gasteiger partial charge in [0.05, 0.1) is 0 Å². The maximum Gasteiger partial charge on any atom is -0.0363 e. The van der Waals surface area contributed by atoms with Crippen molar-refractivity contribution in [3.8, 4) is 0 Å². The molecule has 0 heteroatoms. The molecular weight excluding hydrogens is 348 g/mol. The maximum absolute atomic E-state index is 2.52. The van der Waals surface area contributed by atoms with Crippen LogP contribution in [0.25, 0.3) is 0 Å². The molecule has 29 heavy (non-hydrogen) atoms. The highest BCUT2D eigenvalue weighted by atomic mass is 14.4. The van der Waals surface area contributed by atoms with Gasteiger partial charge in [0.2, 0.25) is 0 Å². The standard InChI is InChI=1S/C29H58/c1-5-8-10-12-14-16-18-20-27(21-19-17-15-13-11-9-6-2)23-25-28-24-22-26(4)29(28)7-3/h26-29H,5-25H2,1-4H3. The van der Waals surface area contributed by atoms with Crippen LogP contribution in [0.5, 0.6) is 0 Å². The molecular formula is C29H58. The molecule has 0 nitrogen and oxygen atoms in total. The van der Waals surface area contributed by atoms with Gasteiger partial charge in [-0.3, -0.25) is 0 Å². The minimum atomic E-state index is 0.995. The van der Waals surface area contributed by atoms with Gasteiger partial charge < -0.3 is 0 Å². The monoisotopic (exact) mass is 406 g/mol. The van der Waals surface area contributed by atoms with E-state index in [-0.39, 0.29) is 0 Å². The lowest BCUT2D eigenvalue weighted by Crippen LogP contribution is -2.14. The largest absolute Gasteiger partial charge is 0.0654 e. The van der Waals surface area contributed by atoms with Crippen molar-refractivity contribution in [3.05, 3.63) is 0 Å². The van der Waals surface area contributed by atoms with E-state index < -0.39 is 0 Å². The highest BCUT2D eigenvalue weighted by molar-refractivity contribution is 4.82. The van der Waals surface area contributed by atoms with E-state index in [1.165, 1.54) is 122 Å². The van der Waals surface area contributed by atoms with Crippen LogP contribution in [0.2, 0.25) is 0 Å². The highest BCUT2D eigenvalue weighted by Crippen LogP contribution is 2.42. The first-order valence-electron chi connectivity index (χ1n) is 14.2. The number of hydrogen-bond acceptors (Lipinski definition) is 0. The predicted octanol–water partition coefficient (Wildman–Crippen LogP) is 10.7. The van der Waals surface area contributed by atoms with E-state index in [1.54, 1.807) is 12.8 Å². The van der Waals surface area contributed by atoms with E-state index in [2.05, 4.69) is 27.7 Å². The third kappa shape index (κ3) is 13.1. The summed E-state index contributed by atoms with van der Waals surface area (Å²) in [5.74, 6) is 4.12. The molecule has 0 bridgehead atoms. The summed E-state index contributed by atoms with van der Waals surface area (Å²) < 4.78 is 0. The van der Waals surface area contributed by atoms with Gasteiger partial charge in [0.25, 0.3) is 0 Å². The molecule has 1 saturated carbocycles. The van der Waals surface area contributed by atoms with Crippen LogP contribution in [0, 0.1) is 23.7 Å². The first-order chi connectivity index (χ1) is 14.2. The van der Waals surface area contributed by atoms with Gasteiger partial charge in [0, 0.05) is 0 Å². The average molecular weight is 407 g/mol. The zero-order valence-electron chi connectivity index (χ0n) is 21.2. The topological polar surface area (TPSA) is 0 Å². The molecule has 1 aliphatic rings. The van der Waals surface area contributed by atoms with E-state index in [0.717, 1.165) is 23.7 Å². The second-order valence-electron chi connectivity index (χ2n) is 10.7. The lowest BCUT2D eigenvalue weighted by atomic mass is 9.82. The average Bonchev–Trinajstić information content (AvgIpc) is 3.09. The Morgan fingerprint density at radius 1 is 0.586 bits per heavy atom. The highest BCUT2D eigenvalue weighted by Gasteiger charge is 2.31. The van der Waals surface area contributed by atoms with Gasteiger partial charge in [0.1, 0.15) is 0 Å². The molecule has 0 saturated heterocycles. The smallest absolute Gasteiger partial charge is 0.0363 e. The molecule has 174 valence electrons. The van der Waals surface area contributed by atoms with Gasteiger partial charge in [-0.25, -0.2) is 0 Å². The van der Waals surface area contributed by atoms with E-state index in [9.17, 15) is 0 Å². The van der Waals surface area contributed by atoms with Gasteiger partial charge in [-0.05, 0) is 36.5 Å². The van der Waals surface area contributed by atoms with Crippen molar-refractivity contribution in [2.45, 2.75) is 163 Å². The van der Waals surface area contributed by atoms with Gasteiger partial charge in [-0.15, -0.1) is 0 Å². The molecule has 0 N–H and O–H groups in total. The summed E-state index contributed by atoms with van der Waals surface area (Å²) in [6.45, 7) is 9.60. The van der Waals surface area contributed by atoms with E-state index in [4.69, 9.17) is 0 Å². The van der Waals surface area contributed by atoms with Crippen molar-refractivity contribution < 1.29 is 0 Å². The molecule has 1 aliphatic carbocycles. The van der Waals surface area contributed by atoms with Crippen LogP contribution in [0.3, 0.4) is 0 Å². The SMILES string of the molecule is CCCCCCCCCC(CCCCCCCCC)CCC1CCC(C)C1CC. The molecule has 3 unspecified atom stereocenters. The second-order valence-corrected chi connectivity index (χ2v) is 10.7. The zero-order valence-corrected chi connectivity index (χ0v) is 21.2. The van der Waals surface area contributed by atoms with Crippen molar-refractivity contribution in [3.63, 3.8) is 0 Å². The normalized spacial score (nSPS) is 22.0. The van der Waals surface area contributed by atoms with Gasteiger partial charge in [-0.1, -0.05) is 150 Å². The Balaban J connectivity index is 2.26. The fourth-order valence-corrected chi connectivity index (χ4v) is 6.13. The number of rotatable bonds is 20. The van der Waals surface area contributed by atoms with Crippen molar-refractivity contribution in [1.82, 2.24) is 0 Å². The summed E-state index contributed by atoms with van der Waals surface area (Å²) in [6, 6.07) is 0. The summed E-state index contributed by atoms with van der Waals surface area (Å²) in [4.78, 5) is 0. The van der Waals surface area contributed by atoms with E-state index in [1.807, 2.05) is 0 Å². The Morgan fingerprint density at radius 3 is 1.55 bits per heavy atom. The van der Waals surface area contributed by atoms with Crippen LogP contribution in [0.4, 0.5) is 0 Å². The number of unbranched alkanes of at least 4 members (excludes halogenated alkanes) is 12. The molecule has 3 atom stereocenters. The minimum absolute atomic E-state index is 0.995. The lowest BCUT2D eigenvalue weighted by molar-refractivity contribution is 0.268. The Morgan fingerprint density at radius 2 is 1.07 bits per heavy atom. The minimum Gasteiger partial charge on any atom is -0.0654 e. The van der Waals surface area contributed by atoms with Crippen molar-refractivity contribution in [1.29, 1.82) is 0 Å². The molecule has 0 spiro atoms. The summed E-state index contributed by atoms with van der Waals surface area (Å²) in [5, 5.41) is 0. The molecule has 0 radical (unpaired) electrons. The molecule has 1 fully saturated rings. The molecule has 0 aliphatic heterocycles. The Labute approximate surface area is 186 Å². The van der Waals surface area contributed by atoms with Crippen molar-refractivity contribution >= 4 is 0 Å². The van der Waals surface area contributed by atoms with Gasteiger partial charge in [-0.2, -0.15) is 0 Å². The molecule has 0 aromatic heterocycles. The number of hydrogen-bond donors (Lipinski definition) is 0. The fraction of sp³-hybridized carbons (Fsp3) is 1.00. The van der Waals surface area contributed by atoms with E-state index in [0.29, 0.717) is 0 Å². The lowest BCUT2D eigenvalue weighted by Gasteiger charge is -2.24. The van der Waals surface area contributed by atoms with Crippen LogP contribution < -0.4 is 0 Å². The van der Waals surface area contributed by atoms with Crippen LogP contribution in [-0.4, -0.2) is 0 Å². The fourth-order valence-electron chi connectivity index (χ4n) is 6.13. The Bertz CT molecular complexity index is 315. The molecule has 0 aromatic carbocycles. The molecule has 0 aromatic rings. The summed E-state index contributed by atoms with van der Waals surface area (Å²) in [7, 11) is 0. The Kier molecular flexibility index (Phi) is 17.5. The first-order valence-corrected chi connectivity index (χ1v) is 14.2. The maximum atomic E-state index is 2.52. The second kappa shape index (κ2) is 18.7. The predicted molar refractivity (Wildman–Crippen MR) is 134 cm³/mol. The van der Waals surface area contributed by atoms with Crippen LogP contribution in [-0.2, 0) is 0 Å². The van der Waals surface area contributed by atoms with Crippen molar-refractivity contribution in [2.24, 2.45) is 23.7 Å². The third-order valence-electron chi connectivity index (χ3n) is 8.18. The third-order valence-corrected chi connectivity index (χ3v) is 8.18.